The highest BCUT2D eigenvalue weighted by Crippen LogP contribution is 2.29. The monoisotopic (exact) mass is 238 g/mol. The number of hydrogen-bond donors (Lipinski definition) is 0. The molecule has 1 fully saturated rings. The van der Waals surface area contributed by atoms with Gasteiger partial charge in [-0.25, -0.2) is 0 Å². The van der Waals surface area contributed by atoms with Gasteiger partial charge in [-0.3, -0.25) is 0 Å². The highest BCUT2D eigenvalue weighted by atomic mass is 79.9. The maximum Gasteiger partial charge on any atom is 0.204 e. The number of ether oxygens (including phenoxy) is 3. The zero-order valence-corrected chi connectivity index (χ0v) is 9.09. The Hall–Kier alpha value is 0.360. The fraction of sp³-hybridized carbons (Fsp3) is 1.00. The summed E-state index contributed by atoms with van der Waals surface area (Å²) in [5.74, 6) is -0.601. The van der Waals surface area contributed by atoms with Gasteiger partial charge in [0.1, 0.15) is 6.10 Å². The number of rotatable bonds is 4. The average molecular weight is 239 g/mol. The zero-order valence-electron chi connectivity index (χ0n) is 7.51. The minimum atomic E-state index is -0.601. The number of hydrogen-bond acceptors (Lipinski definition) is 3. The summed E-state index contributed by atoms with van der Waals surface area (Å²) in [7, 11) is 3.29. The third kappa shape index (κ3) is 1.82. The summed E-state index contributed by atoms with van der Waals surface area (Å²) in [4.78, 5) is 0. The van der Waals surface area contributed by atoms with Crippen LogP contribution >= 0.6 is 15.9 Å². The molecular weight excluding hydrogens is 224 g/mol. The van der Waals surface area contributed by atoms with E-state index in [1.165, 1.54) is 0 Å². The standard InChI is InChI=1S/C8H15BrO3/c1-10-8(6-9,11-2)7-4-3-5-12-7/h7H,3-6H2,1-2H3. The maximum absolute atomic E-state index is 5.51. The van der Waals surface area contributed by atoms with Crippen LogP contribution in [-0.2, 0) is 14.2 Å². The Morgan fingerprint density at radius 1 is 1.50 bits per heavy atom. The van der Waals surface area contributed by atoms with Crippen LogP contribution in [0.15, 0.2) is 0 Å². The molecule has 0 amide bonds. The molecule has 0 saturated carbocycles. The van der Waals surface area contributed by atoms with E-state index in [2.05, 4.69) is 15.9 Å². The van der Waals surface area contributed by atoms with Gasteiger partial charge in [0.2, 0.25) is 5.79 Å². The SMILES string of the molecule is COC(CBr)(OC)C1CCCO1. The molecule has 3 nitrogen and oxygen atoms in total. The first-order chi connectivity index (χ1) is 5.79. The van der Waals surface area contributed by atoms with Gasteiger partial charge in [0, 0.05) is 20.8 Å². The summed E-state index contributed by atoms with van der Waals surface area (Å²) < 4.78 is 16.2. The van der Waals surface area contributed by atoms with Crippen LogP contribution < -0.4 is 0 Å². The number of methoxy groups -OCH3 is 2. The fourth-order valence-corrected chi connectivity index (χ4v) is 2.28. The Kier molecular flexibility index (Phi) is 3.96. The Morgan fingerprint density at radius 2 is 2.17 bits per heavy atom. The summed E-state index contributed by atoms with van der Waals surface area (Å²) in [6.45, 7) is 0.812. The Labute approximate surface area is 81.5 Å². The molecule has 1 unspecified atom stereocenters. The molecule has 72 valence electrons. The Balaban J connectivity index is 2.61. The van der Waals surface area contributed by atoms with Crippen LogP contribution in [0.5, 0.6) is 0 Å². The van der Waals surface area contributed by atoms with Gasteiger partial charge >= 0.3 is 0 Å². The molecule has 4 heteroatoms. The third-order valence-electron chi connectivity index (χ3n) is 2.30. The van der Waals surface area contributed by atoms with Crippen LogP contribution in [0.25, 0.3) is 0 Å². The fourth-order valence-electron chi connectivity index (χ4n) is 1.47. The van der Waals surface area contributed by atoms with Crippen molar-refractivity contribution in [3.8, 4) is 0 Å². The lowest BCUT2D eigenvalue weighted by Gasteiger charge is -2.33. The molecule has 0 aromatic rings. The summed E-state index contributed by atoms with van der Waals surface area (Å²) in [6.07, 6.45) is 2.16. The number of halogens is 1. The highest BCUT2D eigenvalue weighted by molar-refractivity contribution is 9.09. The summed E-state index contributed by atoms with van der Waals surface area (Å²) in [6, 6.07) is 0. The van der Waals surface area contributed by atoms with Crippen LogP contribution in [-0.4, -0.2) is 38.0 Å². The maximum atomic E-state index is 5.51. The van der Waals surface area contributed by atoms with Crippen molar-refractivity contribution in [2.45, 2.75) is 24.7 Å². The average Bonchev–Trinajstić information content (AvgIpc) is 2.62. The van der Waals surface area contributed by atoms with Crippen LogP contribution in [0, 0.1) is 0 Å². The lowest BCUT2D eigenvalue weighted by atomic mass is 10.1. The summed E-state index contributed by atoms with van der Waals surface area (Å²) >= 11 is 3.37. The molecule has 0 aromatic heterocycles. The number of alkyl halides is 1. The minimum absolute atomic E-state index is 0.0619. The second-order valence-electron chi connectivity index (χ2n) is 2.86. The first kappa shape index (κ1) is 10.4. The molecule has 0 bridgehead atoms. The largest absolute Gasteiger partial charge is 0.373 e. The van der Waals surface area contributed by atoms with Crippen LogP contribution in [0.3, 0.4) is 0 Å². The molecule has 1 rings (SSSR count). The molecule has 1 aliphatic rings. The van der Waals surface area contributed by atoms with Gasteiger partial charge in [0.15, 0.2) is 0 Å². The second-order valence-corrected chi connectivity index (χ2v) is 3.42. The van der Waals surface area contributed by atoms with Crippen molar-refractivity contribution >= 4 is 15.9 Å². The predicted molar refractivity (Wildman–Crippen MR) is 49.5 cm³/mol. The van der Waals surface area contributed by atoms with E-state index in [0.29, 0.717) is 5.33 Å². The van der Waals surface area contributed by atoms with E-state index in [0.717, 1.165) is 19.4 Å². The van der Waals surface area contributed by atoms with Crippen molar-refractivity contribution in [1.82, 2.24) is 0 Å². The highest BCUT2D eigenvalue weighted by Gasteiger charge is 2.41. The van der Waals surface area contributed by atoms with Crippen molar-refractivity contribution in [3.63, 3.8) is 0 Å². The lowest BCUT2D eigenvalue weighted by molar-refractivity contribution is -0.244. The first-order valence-electron chi connectivity index (χ1n) is 4.07. The first-order valence-corrected chi connectivity index (χ1v) is 5.19. The molecular formula is C8H15BrO3. The van der Waals surface area contributed by atoms with Crippen LogP contribution in [0.2, 0.25) is 0 Å². The van der Waals surface area contributed by atoms with Crippen molar-refractivity contribution in [2.24, 2.45) is 0 Å². The van der Waals surface area contributed by atoms with E-state index in [9.17, 15) is 0 Å². The smallest absolute Gasteiger partial charge is 0.204 e. The summed E-state index contributed by atoms with van der Waals surface area (Å²) in [5.41, 5.74) is 0. The van der Waals surface area contributed by atoms with E-state index in [1.54, 1.807) is 14.2 Å². The Bertz CT molecular complexity index is 122. The third-order valence-corrected chi connectivity index (χ3v) is 3.08. The molecule has 0 aromatic carbocycles. The van der Waals surface area contributed by atoms with E-state index in [4.69, 9.17) is 14.2 Å². The van der Waals surface area contributed by atoms with Crippen molar-refractivity contribution < 1.29 is 14.2 Å². The quantitative estimate of drug-likeness (QED) is 0.550. The molecule has 0 N–H and O–H groups in total. The molecule has 12 heavy (non-hydrogen) atoms. The van der Waals surface area contributed by atoms with Crippen LogP contribution in [0.1, 0.15) is 12.8 Å². The molecule has 1 aliphatic heterocycles. The van der Waals surface area contributed by atoms with Crippen molar-refractivity contribution in [2.75, 3.05) is 26.2 Å². The molecule has 1 atom stereocenters. The van der Waals surface area contributed by atoms with Gasteiger partial charge in [0.05, 0.1) is 5.33 Å². The molecule has 0 radical (unpaired) electrons. The van der Waals surface area contributed by atoms with Crippen molar-refractivity contribution in [3.05, 3.63) is 0 Å². The molecule has 0 spiro atoms. The van der Waals surface area contributed by atoms with Gasteiger partial charge in [-0.15, -0.1) is 0 Å². The second kappa shape index (κ2) is 4.56. The van der Waals surface area contributed by atoms with Gasteiger partial charge < -0.3 is 14.2 Å². The van der Waals surface area contributed by atoms with E-state index >= 15 is 0 Å². The zero-order chi connectivity index (χ0) is 9.03. The van der Waals surface area contributed by atoms with Gasteiger partial charge in [-0.05, 0) is 12.8 Å². The Morgan fingerprint density at radius 3 is 2.50 bits per heavy atom. The van der Waals surface area contributed by atoms with E-state index in [1.807, 2.05) is 0 Å². The normalized spacial score (nSPS) is 24.8. The van der Waals surface area contributed by atoms with Crippen LogP contribution in [0.4, 0.5) is 0 Å². The van der Waals surface area contributed by atoms with Gasteiger partial charge in [0.25, 0.3) is 0 Å². The van der Waals surface area contributed by atoms with E-state index in [-0.39, 0.29) is 6.10 Å². The van der Waals surface area contributed by atoms with E-state index < -0.39 is 5.79 Å². The summed E-state index contributed by atoms with van der Waals surface area (Å²) in [5, 5.41) is 0.637. The lowest BCUT2D eigenvalue weighted by Crippen LogP contribution is -2.47. The molecule has 1 saturated heterocycles. The molecule has 1 heterocycles. The topological polar surface area (TPSA) is 27.7 Å². The van der Waals surface area contributed by atoms with Gasteiger partial charge in [-0.1, -0.05) is 15.9 Å². The van der Waals surface area contributed by atoms with Gasteiger partial charge in [-0.2, -0.15) is 0 Å². The molecule has 0 aliphatic carbocycles. The minimum Gasteiger partial charge on any atom is -0.373 e. The van der Waals surface area contributed by atoms with Crippen molar-refractivity contribution in [1.29, 1.82) is 0 Å². The predicted octanol–water partition coefficient (Wildman–Crippen LogP) is 1.55.